The van der Waals surface area contributed by atoms with E-state index in [0.717, 1.165) is 35.0 Å². The fourth-order valence-corrected chi connectivity index (χ4v) is 4.47. The van der Waals surface area contributed by atoms with Crippen molar-refractivity contribution in [2.24, 2.45) is 0 Å². The number of imidazole rings is 1. The van der Waals surface area contributed by atoms with Gasteiger partial charge in [-0.2, -0.15) is 40.2 Å². The van der Waals surface area contributed by atoms with Gasteiger partial charge in [0, 0.05) is 11.6 Å². The Morgan fingerprint density at radius 3 is 2.29 bits per heavy atom. The molecule has 4 rings (SSSR count). The van der Waals surface area contributed by atoms with Crippen molar-refractivity contribution in [1.82, 2.24) is 24.1 Å². The van der Waals surface area contributed by atoms with Crippen LogP contribution in [0.3, 0.4) is 0 Å². The molecule has 0 N–H and O–H groups in total. The molecule has 0 atom stereocenters. The van der Waals surface area contributed by atoms with Crippen LogP contribution in [0.5, 0.6) is 0 Å². The summed E-state index contributed by atoms with van der Waals surface area (Å²) in [6.45, 7) is -0.543. The van der Waals surface area contributed by atoms with E-state index in [4.69, 9.17) is 0 Å². The SMILES string of the molecule is CCS(=O)(=O)c1c(-c2cc3cnn(CC(F)(F)C(F)(F)F)c3cn2)nc2ccc(C(F)(F)F)cn12. The van der Waals surface area contributed by atoms with Gasteiger partial charge in [-0.05, 0) is 18.2 Å². The summed E-state index contributed by atoms with van der Waals surface area (Å²) >= 11 is 0. The van der Waals surface area contributed by atoms with Gasteiger partial charge in [0.05, 0.1) is 34.9 Å². The Balaban J connectivity index is 1.88. The van der Waals surface area contributed by atoms with E-state index in [1.807, 2.05) is 0 Å². The normalized spacial score (nSPS) is 13.7. The molecule has 4 aromatic heterocycles. The second-order valence-electron chi connectivity index (χ2n) is 7.45. The number of rotatable bonds is 5. The molecule has 0 radical (unpaired) electrons. The van der Waals surface area contributed by atoms with Crippen molar-refractivity contribution in [3.05, 3.63) is 42.4 Å². The average Bonchev–Trinajstić information content (AvgIpc) is 3.33. The van der Waals surface area contributed by atoms with Crippen molar-refractivity contribution in [3.8, 4) is 11.4 Å². The van der Waals surface area contributed by atoms with E-state index in [-0.39, 0.29) is 27.9 Å². The molecule has 188 valence electrons. The average molecular weight is 527 g/mol. The monoisotopic (exact) mass is 527 g/mol. The van der Waals surface area contributed by atoms with Crippen LogP contribution in [0.15, 0.2) is 41.8 Å². The van der Waals surface area contributed by atoms with Crippen molar-refractivity contribution in [2.45, 2.75) is 36.8 Å². The van der Waals surface area contributed by atoms with Crippen LogP contribution in [-0.4, -0.2) is 50.4 Å². The minimum atomic E-state index is -5.81. The van der Waals surface area contributed by atoms with E-state index in [1.54, 1.807) is 0 Å². The molecule has 0 saturated heterocycles. The summed E-state index contributed by atoms with van der Waals surface area (Å²) < 4.78 is 131. The molecular formula is C19H13F8N5O2S. The molecule has 0 bridgehead atoms. The van der Waals surface area contributed by atoms with Crippen LogP contribution in [0.25, 0.3) is 27.9 Å². The highest BCUT2D eigenvalue weighted by Crippen LogP contribution is 2.38. The van der Waals surface area contributed by atoms with E-state index in [9.17, 15) is 43.5 Å². The number of pyridine rings is 2. The largest absolute Gasteiger partial charge is 0.455 e. The van der Waals surface area contributed by atoms with Crippen LogP contribution >= 0.6 is 0 Å². The maximum atomic E-state index is 13.5. The van der Waals surface area contributed by atoms with Crippen LogP contribution in [0.2, 0.25) is 0 Å². The molecule has 0 amide bonds. The molecule has 0 spiro atoms. The molecule has 4 heterocycles. The maximum Gasteiger partial charge on any atom is 0.455 e. The quantitative estimate of drug-likeness (QED) is 0.350. The summed E-state index contributed by atoms with van der Waals surface area (Å²) in [6, 6.07) is 2.83. The lowest BCUT2D eigenvalue weighted by Gasteiger charge is -2.19. The number of nitrogens with zero attached hydrogens (tertiary/aromatic N) is 5. The third kappa shape index (κ3) is 4.30. The number of sulfone groups is 1. The zero-order valence-corrected chi connectivity index (χ0v) is 18.2. The molecule has 0 saturated carbocycles. The lowest BCUT2D eigenvalue weighted by atomic mass is 10.2. The second kappa shape index (κ2) is 7.86. The molecule has 35 heavy (non-hydrogen) atoms. The summed E-state index contributed by atoms with van der Waals surface area (Å²) in [4.78, 5) is 8.01. The van der Waals surface area contributed by atoms with E-state index < -0.39 is 51.0 Å². The van der Waals surface area contributed by atoms with Crippen molar-refractivity contribution < 1.29 is 43.5 Å². The van der Waals surface area contributed by atoms with Crippen molar-refractivity contribution >= 4 is 26.4 Å². The Morgan fingerprint density at radius 2 is 1.69 bits per heavy atom. The molecule has 7 nitrogen and oxygen atoms in total. The first-order valence-electron chi connectivity index (χ1n) is 9.64. The minimum Gasteiger partial charge on any atom is -0.289 e. The van der Waals surface area contributed by atoms with Gasteiger partial charge < -0.3 is 0 Å². The minimum absolute atomic E-state index is 0.0286. The van der Waals surface area contributed by atoms with Crippen LogP contribution in [-0.2, 0) is 22.6 Å². The highest BCUT2D eigenvalue weighted by atomic mass is 32.2. The molecular weight excluding hydrogens is 514 g/mol. The van der Waals surface area contributed by atoms with Gasteiger partial charge in [0.25, 0.3) is 0 Å². The highest BCUT2D eigenvalue weighted by molar-refractivity contribution is 7.91. The first-order valence-corrected chi connectivity index (χ1v) is 11.3. The number of alkyl halides is 8. The van der Waals surface area contributed by atoms with Gasteiger partial charge in [0.1, 0.15) is 17.9 Å². The van der Waals surface area contributed by atoms with E-state index in [2.05, 4.69) is 15.1 Å². The number of aromatic nitrogens is 5. The van der Waals surface area contributed by atoms with Gasteiger partial charge >= 0.3 is 18.3 Å². The third-order valence-electron chi connectivity index (χ3n) is 5.11. The number of halogens is 8. The van der Waals surface area contributed by atoms with Crippen LogP contribution in [0.4, 0.5) is 35.1 Å². The van der Waals surface area contributed by atoms with Gasteiger partial charge in [-0.1, -0.05) is 6.92 Å². The van der Waals surface area contributed by atoms with Gasteiger partial charge in [-0.25, -0.2) is 13.4 Å². The molecule has 0 aromatic carbocycles. The fraction of sp³-hybridized carbons (Fsp3) is 0.316. The van der Waals surface area contributed by atoms with E-state index in [0.29, 0.717) is 10.9 Å². The molecule has 0 aliphatic heterocycles. The van der Waals surface area contributed by atoms with Crippen LogP contribution in [0.1, 0.15) is 12.5 Å². The zero-order chi connectivity index (χ0) is 26.0. The Kier molecular flexibility index (Phi) is 5.57. The summed E-state index contributed by atoms with van der Waals surface area (Å²) in [5.41, 5.74) is -1.95. The lowest BCUT2D eigenvalue weighted by molar-refractivity contribution is -0.287. The second-order valence-corrected chi connectivity index (χ2v) is 9.64. The van der Waals surface area contributed by atoms with Crippen molar-refractivity contribution in [1.29, 1.82) is 0 Å². The predicted molar refractivity (Wildman–Crippen MR) is 105 cm³/mol. The van der Waals surface area contributed by atoms with Gasteiger partial charge in [-0.15, -0.1) is 0 Å². The Hall–Kier alpha value is -3.30. The van der Waals surface area contributed by atoms with Gasteiger partial charge in [0.15, 0.2) is 14.9 Å². The Labute approximate surface area is 190 Å². The summed E-state index contributed by atoms with van der Waals surface area (Å²) in [5.74, 6) is -5.57. The molecule has 0 aliphatic carbocycles. The van der Waals surface area contributed by atoms with Crippen LogP contribution in [0, 0.1) is 0 Å². The van der Waals surface area contributed by atoms with Crippen molar-refractivity contribution in [3.63, 3.8) is 0 Å². The molecule has 4 aromatic rings. The summed E-state index contributed by atoms with van der Waals surface area (Å²) in [5, 5.41) is 2.97. The number of hydrogen-bond donors (Lipinski definition) is 0. The van der Waals surface area contributed by atoms with Crippen LogP contribution < -0.4 is 0 Å². The predicted octanol–water partition coefficient (Wildman–Crippen LogP) is 4.76. The smallest absolute Gasteiger partial charge is 0.289 e. The summed E-state index contributed by atoms with van der Waals surface area (Å²) in [7, 11) is -4.16. The van der Waals surface area contributed by atoms with Gasteiger partial charge in [-0.3, -0.25) is 14.1 Å². The Morgan fingerprint density at radius 1 is 1.00 bits per heavy atom. The molecule has 0 aliphatic rings. The third-order valence-corrected chi connectivity index (χ3v) is 6.85. The first-order chi connectivity index (χ1) is 16.0. The molecule has 0 fully saturated rings. The van der Waals surface area contributed by atoms with Gasteiger partial charge in [0.2, 0.25) is 0 Å². The zero-order valence-electron chi connectivity index (χ0n) is 17.4. The summed E-state index contributed by atoms with van der Waals surface area (Å²) in [6.07, 6.45) is -8.13. The standard InChI is InChI=1S/C19H13F8N5O2S/c1-2-35(33,34)16-15(30-14-4-3-11(8-31(14)16)18(22,23)24)12-5-10-6-29-32(13(10)7-28-12)9-17(20,21)19(25,26)27/h3-8H,2,9H2,1H3. The maximum absolute atomic E-state index is 13.5. The lowest BCUT2D eigenvalue weighted by Crippen LogP contribution is -2.40. The van der Waals surface area contributed by atoms with E-state index >= 15 is 0 Å². The highest BCUT2D eigenvalue weighted by Gasteiger charge is 2.57. The fourth-order valence-electron chi connectivity index (χ4n) is 3.30. The van der Waals surface area contributed by atoms with Crippen molar-refractivity contribution in [2.75, 3.05) is 5.75 Å². The topological polar surface area (TPSA) is 82.1 Å². The number of fused-ring (bicyclic) bond motifs is 2. The number of hydrogen-bond acceptors (Lipinski definition) is 5. The molecule has 0 unspecified atom stereocenters. The van der Waals surface area contributed by atoms with E-state index in [1.165, 1.54) is 6.92 Å². The molecule has 16 heteroatoms. The Bertz CT molecular complexity index is 1540. The first kappa shape index (κ1) is 24.8.